The summed E-state index contributed by atoms with van der Waals surface area (Å²) in [6, 6.07) is 15.1. The number of carbonyl (C=O) groups excluding carboxylic acids is 1. The van der Waals surface area contributed by atoms with Gasteiger partial charge in [-0.15, -0.1) is 0 Å². The van der Waals surface area contributed by atoms with Gasteiger partial charge in [0.25, 0.3) is 0 Å². The van der Waals surface area contributed by atoms with Gasteiger partial charge < -0.3 is 14.8 Å². The van der Waals surface area contributed by atoms with Gasteiger partial charge in [0.15, 0.2) is 0 Å². The van der Waals surface area contributed by atoms with Gasteiger partial charge in [-0.3, -0.25) is 0 Å². The molecule has 2 aliphatic carbocycles. The van der Waals surface area contributed by atoms with Crippen LogP contribution in [0.1, 0.15) is 55.2 Å². The molecule has 1 unspecified atom stereocenters. The van der Waals surface area contributed by atoms with Crippen molar-refractivity contribution in [3.63, 3.8) is 0 Å². The van der Waals surface area contributed by atoms with E-state index in [4.69, 9.17) is 0 Å². The van der Waals surface area contributed by atoms with Crippen molar-refractivity contribution in [3.8, 4) is 5.75 Å². The van der Waals surface area contributed by atoms with Crippen molar-refractivity contribution in [2.45, 2.75) is 44.9 Å². The Bertz CT molecular complexity index is 1030. The van der Waals surface area contributed by atoms with Crippen LogP contribution >= 0.6 is 0 Å². The Balaban J connectivity index is 1.48. The molecule has 1 saturated heterocycles. The summed E-state index contributed by atoms with van der Waals surface area (Å²) in [7, 11) is 0. The van der Waals surface area contributed by atoms with E-state index in [1.165, 1.54) is 22.4 Å². The van der Waals surface area contributed by atoms with Crippen molar-refractivity contribution in [3.05, 3.63) is 83.5 Å². The molecule has 0 aromatic heterocycles. The molecule has 32 heavy (non-hydrogen) atoms. The summed E-state index contributed by atoms with van der Waals surface area (Å²) >= 11 is 0. The molecule has 3 atom stereocenters. The number of anilines is 1. The van der Waals surface area contributed by atoms with E-state index in [1.807, 2.05) is 12.1 Å². The van der Waals surface area contributed by atoms with Gasteiger partial charge in [-0.25, -0.2) is 0 Å². The van der Waals surface area contributed by atoms with Gasteiger partial charge in [0, 0.05) is 30.6 Å². The molecular weight excluding hydrogens is 394 g/mol. The van der Waals surface area contributed by atoms with Crippen LogP contribution in [0.3, 0.4) is 0 Å². The number of hydrogen-bond donors (Lipinski definition) is 1. The lowest BCUT2D eigenvalue weighted by Crippen LogP contribution is -2.35. The van der Waals surface area contributed by atoms with Crippen molar-refractivity contribution in [2.75, 3.05) is 18.0 Å². The smallest absolute Gasteiger partial charge is 0.123 e. The Morgan fingerprint density at radius 2 is 1.81 bits per heavy atom. The second-order valence-corrected chi connectivity index (χ2v) is 10.1. The maximum atomic E-state index is 11.1. The molecule has 0 bridgehead atoms. The average Bonchev–Trinajstić information content (AvgIpc) is 2.84. The zero-order valence-electron chi connectivity index (χ0n) is 18.9. The average molecular weight is 428 g/mol. The third-order valence-electron chi connectivity index (χ3n) is 8.07. The molecule has 3 heteroatoms. The van der Waals surface area contributed by atoms with Gasteiger partial charge >= 0.3 is 0 Å². The van der Waals surface area contributed by atoms with Crippen LogP contribution in [0.15, 0.2) is 66.8 Å². The zero-order valence-corrected chi connectivity index (χ0v) is 18.9. The number of aryl methyl sites for hydroxylation is 1. The molecule has 0 amide bonds. The Morgan fingerprint density at radius 1 is 1.03 bits per heavy atom. The van der Waals surface area contributed by atoms with E-state index in [0.29, 0.717) is 17.6 Å². The third-order valence-corrected chi connectivity index (χ3v) is 8.07. The van der Waals surface area contributed by atoms with Gasteiger partial charge in [0.1, 0.15) is 12.0 Å². The number of hydrogen-bond acceptors (Lipinski definition) is 3. The van der Waals surface area contributed by atoms with E-state index in [-0.39, 0.29) is 11.3 Å². The number of aldehydes is 1. The molecule has 0 radical (unpaired) electrons. The van der Waals surface area contributed by atoms with E-state index < -0.39 is 0 Å². The fraction of sp³-hybridized carbons (Fsp3) is 0.414. The van der Waals surface area contributed by atoms with E-state index >= 15 is 0 Å². The lowest BCUT2D eigenvalue weighted by molar-refractivity contribution is -0.111. The maximum absolute atomic E-state index is 11.1. The number of piperidine rings is 1. The number of benzene rings is 2. The molecule has 1 aliphatic heterocycles. The number of aromatic hydroxyl groups is 1. The summed E-state index contributed by atoms with van der Waals surface area (Å²) in [6.45, 7) is 4.31. The highest BCUT2D eigenvalue weighted by Gasteiger charge is 2.41. The summed E-state index contributed by atoms with van der Waals surface area (Å²) in [5.41, 5.74) is 5.39. The van der Waals surface area contributed by atoms with Gasteiger partial charge in [-0.2, -0.15) is 0 Å². The van der Waals surface area contributed by atoms with Crippen LogP contribution in [-0.4, -0.2) is 24.5 Å². The van der Waals surface area contributed by atoms with Crippen LogP contribution in [0, 0.1) is 17.3 Å². The molecular formula is C29H33NO2. The molecule has 1 heterocycles. The monoisotopic (exact) mass is 427 g/mol. The lowest BCUT2D eigenvalue weighted by Gasteiger charge is -2.45. The Labute approximate surface area is 191 Å². The standard InChI is InChI=1S/C29H33NO2/c1-29(15-3-2-4-16-29)27-12-7-23-19-25(32)10-11-26(23)28(27)22-5-8-24(9-6-22)30-17-13-21(20-31)14-18-30/h2-6,8-11,15,19-21,27-28,32H,7,12-14,16-18H2,1H3/t27-,28+,29?/m0/s1. The first-order chi connectivity index (χ1) is 15.6. The van der Waals surface area contributed by atoms with Gasteiger partial charge in [-0.05, 0) is 84.4 Å². The minimum Gasteiger partial charge on any atom is -0.508 e. The summed E-state index contributed by atoms with van der Waals surface area (Å²) in [4.78, 5) is 13.5. The fourth-order valence-electron chi connectivity index (χ4n) is 6.13. The molecule has 166 valence electrons. The van der Waals surface area contributed by atoms with Gasteiger partial charge in [0.05, 0.1) is 0 Å². The summed E-state index contributed by atoms with van der Waals surface area (Å²) in [5, 5.41) is 10.1. The van der Waals surface area contributed by atoms with Crippen molar-refractivity contribution in [2.24, 2.45) is 17.3 Å². The highest BCUT2D eigenvalue weighted by Crippen LogP contribution is 2.52. The van der Waals surface area contributed by atoms with E-state index in [9.17, 15) is 9.90 Å². The predicted molar refractivity (Wildman–Crippen MR) is 130 cm³/mol. The van der Waals surface area contributed by atoms with Crippen molar-refractivity contribution in [1.82, 2.24) is 0 Å². The number of carbonyl (C=O) groups is 1. The van der Waals surface area contributed by atoms with Crippen molar-refractivity contribution < 1.29 is 9.90 Å². The first-order valence-electron chi connectivity index (χ1n) is 12.0. The quantitative estimate of drug-likeness (QED) is 0.606. The summed E-state index contributed by atoms with van der Waals surface area (Å²) in [5.74, 6) is 1.41. The van der Waals surface area contributed by atoms with Crippen LogP contribution in [0.4, 0.5) is 5.69 Å². The van der Waals surface area contributed by atoms with Crippen LogP contribution in [0.2, 0.25) is 0 Å². The first-order valence-corrected chi connectivity index (χ1v) is 12.0. The van der Waals surface area contributed by atoms with Gasteiger partial charge in [0.2, 0.25) is 0 Å². The van der Waals surface area contributed by atoms with E-state index in [1.54, 1.807) is 0 Å². The van der Waals surface area contributed by atoms with E-state index in [2.05, 4.69) is 66.5 Å². The minimum absolute atomic E-state index is 0.129. The minimum atomic E-state index is 0.129. The van der Waals surface area contributed by atoms with Gasteiger partial charge in [-0.1, -0.05) is 49.4 Å². The zero-order chi connectivity index (χ0) is 22.1. The predicted octanol–water partition coefficient (Wildman–Crippen LogP) is 6.02. The second-order valence-electron chi connectivity index (χ2n) is 10.1. The molecule has 1 N–H and O–H groups in total. The van der Waals surface area contributed by atoms with Crippen molar-refractivity contribution in [1.29, 1.82) is 0 Å². The Morgan fingerprint density at radius 3 is 2.50 bits per heavy atom. The fourth-order valence-corrected chi connectivity index (χ4v) is 6.13. The van der Waals surface area contributed by atoms with E-state index in [0.717, 1.165) is 51.5 Å². The second kappa shape index (κ2) is 8.61. The summed E-state index contributed by atoms with van der Waals surface area (Å²) < 4.78 is 0. The molecule has 0 spiro atoms. The number of phenolic OH excluding ortho intramolecular Hbond substituents is 1. The number of nitrogens with zero attached hydrogens (tertiary/aromatic N) is 1. The molecule has 5 rings (SSSR count). The number of allylic oxidation sites excluding steroid dienone is 4. The number of phenols is 1. The molecule has 3 aliphatic rings. The molecule has 3 nitrogen and oxygen atoms in total. The molecule has 0 saturated carbocycles. The maximum Gasteiger partial charge on any atom is 0.123 e. The van der Waals surface area contributed by atoms with Crippen LogP contribution < -0.4 is 4.90 Å². The number of rotatable bonds is 4. The number of fused-ring (bicyclic) bond motifs is 1. The first kappa shape index (κ1) is 21.1. The Kier molecular flexibility index (Phi) is 5.67. The third kappa shape index (κ3) is 3.90. The normalized spacial score (nSPS) is 27.8. The highest BCUT2D eigenvalue weighted by molar-refractivity contribution is 5.56. The highest BCUT2D eigenvalue weighted by atomic mass is 16.3. The van der Waals surface area contributed by atoms with Crippen LogP contribution in [0.25, 0.3) is 0 Å². The summed E-state index contributed by atoms with van der Waals surface area (Å²) in [6.07, 6.45) is 15.3. The largest absolute Gasteiger partial charge is 0.508 e. The molecule has 2 aromatic carbocycles. The Hall–Kier alpha value is -2.81. The SMILES string of the molecule is CC1([C@H]2CCc3cc(O)ccc3[C@H]2c2ccc(N3CCC(C=O)CC3)cc2)C=CC=CC1. The lowest BCUT2D eigenvalue weighted by atomic mass is 9.59. The van der Waals surface area contributed by atoms with Crippen LogP contribution in [0.5, 0.6) is 5.75 Å². The van der Waals surface area contributed by atoms with Crippen LogP contribution in [-0.2, 0) is 11.2 Å². The molecule has 1 fully saturated rings. The topological polar surface area (TPSA) is 40.5 Å². The van der Waals surface area contributed by atoms with Crippen molar-refractivity contribution >= 4 is 12.0 Å². The molecule has 2 aromatic rings.